The molecular weight excluding hydrogens is 860 g/mol. The molecule has 0 bridgehead atoms. The maximum atomic E-state index is 13.6. The fourth-order valence-corrected chi connectivity index (χ4v) is 9.41. The predicted octanol–water partition coefficient (Wildman–Crippen LogP) is 6.00. The highest BCUT2D eigenvalue weighted by molar-refractivity contribution is 6.25. The number of hydrogen-bond acceptors (Lipinski definition) is 13. The Kier molecular flexibility index (Phi) is 12.8. The standard InChI is InChI=1S/C47H54F3N9O7/c1-25(28-16-29(47(48,49)50)18-30(51)17-28)54-42-33-20-38(37(65-4)21-35(33)55-26(2)56-42)66-24-46(12-13-46)22-31(19-40(61)52-3)58-14-10-27(11-15-58)23-53-34-7-5-6-32-41(34)45(64)59(44(32)63)36-8-9-39(60)57-43(36)62/h5-7,16-18,20-21,25,27,31,36,53H,8-15,19,22-24,51H2,1-4H3,(H,52,61)(H,54,55,56)(H,57,60,62)/t25-,31?,36?/m1/s1. The van der Waals surface area contributed by atoms with E-state index in [2.05, 4.69) is 36.1 Å². The molecule has 4 heterocycles. The SMILES string of the molecule is CNC(=O)CC(CC1(COc2cc3c(N[C@H](C)c4cc(N)cc(C(F)(F)F)c4)nc(C)nc3cc2OC)CC1)N1CCC(CNc2cccc3c2C(=O)N(C2CCC(=O)NC2=O)C3=O)CC1. The summed E-state index contributed by atoms with van der Waals surface area (Å²) in [5.74, 6) is -0.242. The molecule has 3 aliphatic heterocycles. The highest BCUT2D eigenvalue weighted by atomic mass is 19.4. The quantitative estimate of drug-likeness (QED) is 0.0646. The van der Waals surface area contributed by atoms with E-state index >= 15 is 0 Å². The number of piperidine rings is 2. The number of carbonyl (C=O) groups is 5. The van der Waals surface area contributed by atoms with Gasteiger partial charge in [0.2, 0.25) is 17.7 Å². The Morgan fingerprint density at radius 2 is 1.77 bits per heavy atom. The van der Waals surface area contributed by atoms with Crippen molar-refractivity contribution in [2.75, 3.05) is 56.8 Å². The third-order valence-corrected chi connectivity index (χ3v) is 13.3. The van der Waals surface area contributed by atoms with Crippen molar-refractivity contribution in [1.29, 1.82) is 0 Å². The second-order valence-corrected chi connectivity index (χ2v) is 18.0. The van der Waals surface area contributed by atoms with E-state index in [0.717, 1.165) is 62.2 Å². The molecule has 1 saturated carbocycles. The summed E-state index contributed by atoms with van der Waals surface area (Å²) in [5, 5.41) is 12.3. The second-order valence-electron chi connectivity index (χ2n) is 18.0. The number of imide groups is 2. The summed E-state index contributed by atoms with van der Waals surface area (Å²) in [4.78, 5) is 76.8. The molecule has 1 aromatic heterocycles. The van der Waals surface area contributed by atoms with E-state index in [1.165, 1.54) is 13.2 Å². The molecule has 350 valence electrons. The molecule has 66 heavy (non-hydrogen) atoms. The number of nitrogens with zero attached hydrogens (tertiary/aromatic N) is 4. The van der Waals surface area contributed by atoms with Crippen molar-refractivity contribution in [3.05, 3.63) is 76.6 Å². The Hall–Kier alpha value is -6.50. The minimum absolute atomic E-state index is 0.00324. The van der Waals surface area contributed by atoms with Gasteiger partial charge in [-0.15, -0.1) is 0 Å². The summed E-state index contributed by atoms with van der Waals surface area (Å²) in [7, 11) is 3.17. The number of nitrogens with two attached hydrogens (primary N) is 1. The molecular formula is C47H54F3N9O7. The van der Waals surface area contributed by atoms with E-state index in [4.69, 9.17) is 15.2 Å². The number of amides is 5. The normalized spacial score (nSPS) is 19.6. The molecule has 5 amide bonds. The number of rotatable bonds is 16. The van der Waals surface area contributed by atoms with Gasteiger partial charge in [0.1, 0.15) is 17.7 Å². The number of anilines is 3. The zero-order valence-corrected chi connectivity index (χ0v) is 37.3. The van der Waals surface area contributed by atoms with Crippen LogP contribution in [0.15, 0.2) is 48.5 Å². The van der Waals surface area contributed by atoms with E-state index in [9.17, 15) is 37.1 Å². The fourth-order valence-electron chi connectivity index (χ4n) is 9.41. The van der Waals surface area contributed by atoms with Gasteiger partial charge in [-0.2, -0.15) is 13.2 Å². The first kappa shape index (κ1) is 46.0. The first-order chi connectivity index (χ1) is 31.4. The zero-order chi connectivity index (χ0) is 47.1. The monoisotopic (exact) mass is 913 g/mol. The predicted molar refractivity (Wildman–Crippen MR) is 239 cm³/mol. The van der Waals surface area contributed by atoms with Crippen molar-refractivity contribution < 1.29 is 46.6 Å². The van der Waals surface area contributed by atoms with Gasteiger partial charge in [0.05, 0.1) is 42.0 Å². The number of aromatic nitrogens is 2. The van der Waals surface area contributed by atoms with Gasteiger partial charge in [-0.25, -0.2) is 9.97 Å². The first-order valence-electron chi connectivity index (χ1n) is 22.2. The van der Waals surface area contributed by atoms with Crippen LogP contribution in [0, 0.1) is 18.3 Å². The number of nitrogen functional groups attached to an aromatic ring is 1. The van der Waals surface area contributed by atoms with Crippen molar-refractivity contribution in [3.63, 3.8) is 0 Å². The second kappa shape index (κ2) is 18.4. The van der Waals surface area contributed by atoms with Crippen molar-refractivity contribution >= 4 is 57.6 Å². The van der Waals surface area contributed by atoms with Crippen LogP contribution in [-0.2, 0) is 20.6 Å². The first-order valence-corrected chi connectivity index (χ1v) is 22.2. The number of fused-ring (bicyclic) bond motifs is 2. The van der Waals surface area contributed by atoms with Gasteiger partial charge in [-0.1, -0.05) is 6.07 Å². The number of halogens is 3. The number of ether oxygens (including phenoxy) is 2. The van der Waals surface area contributed by atoms with Crippen LogP contribution >= 0.6 is 0 Å². The average molecular weight is 914 g/mol. The van der Waals surface area contributed by atoms with Crippen LogP contribution in [0.5, 0.6) is 11.5 Å². The van der Waals surface area contributed by atoms with Crippen molar-refractivity contribution in [3.8, 4) is 11.5 Å². The van der Waals surface area contributed by atoms with Crippen LogP contribution < -0.4 is 36.5 Å². The van der Waals surface area contributed by atoms with Crippen molar-refractivity contribution in [1.82, 2.24) is 30.4 Å². The third-order valence-electron chi connectivity index (χ3n) is 13.3. The summed E-state index contributed by atoms with van der Waals surface area (Å²) < 4.78 is 53.2. The van der Waals surface area contributed by atoms with Crippen LogP contribution in [0.4, 0.5) is 30.4 Å². The molecule has 3 atom stereocenters. The van der Waals surface area contributed by atoms with Gasteiger partial charge < -0.3 is 31.2 Å². The number of hydrogen-bond donors (Lipinski definition) is 5. The molecule has 6 N–H and O–H groups in total. The van der Waals surface area contributed by atoms with Gasteiger partial charge in [0.15, 0.2) is 11.5 Å². The molecule has 19 heteroatoms. The molecule has 4 aliphatic rings. The van der Waals surface area contributed by atoms with Crippen LogP contribution in [0.2, 0.25) is 0 Å². The largest absolute Gasteiger partial charge is 0.493 e. The molecule has 3 aromatic carbocycles. The molecule has 2 unspecified atom stereocenters. The summed E-state index contributed by atoms with van der Waals surface area (Å²) in [5.41, 5.74) is 6.70. The lowest BCUT2D eigenvalue weighted by Crippen LogP contribution is -2.54. The third kappa shape index (κ3) is 9.71. The number of nitrogens with one attached hydrogen (secondary N) is 4. The molecule has 0 radical (unpaired) electrons. The minimum Gasteiger partial charge on any atom is -0.493 e. The maximum Gasteiger partial charge on any atom is 0.416 e. The Bertz CT molecular complexity index is 2580. The van der Waals surface area contributed by atoms with E-state index in [1.54, 1.807) is 51.2 Å². The van der Waals surface area contributed by atoms with Gasteiger partial charge in [-0.3, -0.25) is 39.1 Å². The molecule has 4 aromatic rings. The molecule has 3 fully saturated rings. The number of carbonyl (C=O) groups excluding carboxylic acids is 5. The average Bonchev–Trinajstić information content (AvgIpc) is 4.00. The lowest BCUT2D eigenvalue weighted by atomic mass is 9.90. The number of methoxy groups -OCH3 is 1. The lowest BCUT2D eigenvalue weighted by Gasteiger charge is -2.39. The Morgan fingerprint density at radius 3 is 2.45 bits per heavy atom. The smallest absolute Gasteiger partial charge is 0.416 e. The Labute approximate surface area is 379 Å². The van der Waals surface area contributed by atoms with Gasteiger partial charge in [-0.05, 0) is 113 Å². The fraction of sp³-hybridized carbons (Fsp3) is 0.468. The zero-order valence-electron chi connectivity index (χ0n) is 37.3. The van der Waals surface area contributed by atoms with Crippen LogP contribution in [-0.4, -0.2) is 102 Å². The summed E-state index contributed by atoms with van der Waals surface area (Å²) in [6, 6.07) is 10.3. The highest BCUT2D eigenvalue weighted by Gasteiger charge is 2.48. The van der Waals surface area contributed by atoms with E-state index in [0.29, 0.717) is 64.9 Å². The summed E-state index contributed by atoms with van der Waals surface area (Å²) in [6.07, 6.45) is 0.0760. The minimum atomic E-state index is -4.56. The van der Waals surface area contributed by atoms with Crippen LogP contribution in [0.25, 0.3) is 10.9 Å². The van der Waals surface area contributed by atoms with E-state index in [1.807, 2.05) is 0 Å². The number of likely N-dealkylation sites (tertiary alicyclic amines) is 1. The summed E-state index contributed by atoms with van der Waals surface area (Å²) >= 11 is 0. The van der Waals surface area contributed by atoms with Crippen LogP contribution in [0.1, 0.15) is 102 Å². The molecule has 0 spiro atoms. The van der Waals surface area contributed by atoms with Crippen molar-refractivity contribution in [2.24, 2.45) is 11.3 Å². The van der Waals surface area contributed by atoms with Gasteiger partial charge in [0, 0.05) is 60.7 Å². The maximum absolute atomic E-state index is 13.6. The molecule has 8 rings (SSSR count). The van der Waals surface area contributed by atoms with E-state index in [-0.39, 0.29) is 52.9 Å². The number of alkyl halides is 3. The van der Waals surface area contributed by atoms with E-state index < -0.39 is 47.5 Å². The Morgan fingerprint density at radius 1 is 1.02 bits per heavy atom. The summed E-state index contributed by atoms with van der Waals surface area (Å²) in [6.45, 7) is 5.86. The molecule has 1 aliphatic carbocycles. The number of aryl methyl sites for hydroxylation is 1. The number of benzene rings is 3. The van der Waals surface area contributed by atoms with Crippen LogP contribution in [0.3, 0.4) is 0 Å². The Balaban J connectivity index is 0.916. The molecule has 2 saturated heterocycles. The topological polar surface area (TPSA) is 210 Å². The molecule has 16 nitrogen and oxygen atoms in total. The lowest BCUT2D eigenvalue weighted by molar-refractivity contribution is -0.138. The van der Waals surface area contributed by atoms with Gasteiger partial charge in [0.25, 0.3) is 11.8 Å². The highest BCUT2D eigenvalue weighted by Crippen LogP contribution is 2.52. The van der Waals surface area contributed by atoms with Crippen molar-refractivity contribution in [2.45, 2.75) is 89.5 Å². The van der Waals surface area contributed by atoms with Gasteiger partial charge >= 0.3 is 6.18 Å².